The molecule has 0 aromatic carbocycles. The Bertz CT molecular complexity index is 291. The summed E-state index contributed by atoms with van der Waals surface area (Å²) in [6.07, 6.45) is 15.2. The van der Waals surface area contributed by atoms with Crippen LogP contribution in [0.15, 0.2) is 12.2 Å². The Kier molecular flexibility index (Phi) is 12.2. The first-order valence-electron chi connectivity index (χ1n) is 6.65. The molecule has 0 bridgehead atoms. The van der Waals surface area contributed by atoms with E-state index < -0.39 is 5.97 Å². The topological polar surface area (TPSA) is 55.8 Å². The Hall–Kier alpha value is -1.31. The number of terminal acetylenes is 1. The molecule has 1 N–H and O–H groups in total. The van der Waals surface area contributed by atoms with Crippen LogP contribution in [0.5, 0.6) is 0 Å². The van der Waals surface area contributed by atoms with Crippen molar-refractivity contribution in [2.24, 2.45) is 0 Å². The second-order valence-electron chi connectivity index (χ2n) is 4.29. The lowest BCUT2D eigenvalue weighted by molar-refractivity contribution is -0.137. The van der Waals surface area contributed by atoms with E-state index in [-0.39, 0.29) is 19.3 Å². The molecule has 0 rings (SSSR count). The van der Waals surface area contributed by atoms with Gasteiger partial charge in [-0.1, -0.05) is 31.3 Å². The normalized spacial score (nSPS) is 12.4. The van der Waals surface area contributed by atoms with E-state index >= 15 is 0 Å². The summed E-state index contributed by atoms with van der Waals surface area (Å²) < 4.78 is 10.0. The molecule has 0 aliphatic heterocycles. The van der Waals surface area contributed by atoms with Crippen molar-refractivity contribution in [3.63, 3.8) is 0 Å². The Morgan fingerprint density at radius 3 is 2.63 bits per heavy atom. The Balaban J connectivity index is 3.42. The van der Waals surface area contributed by atoms with Gasteiger partial charge in [-0.2, -0.15) is 0 Å². The lowest BCUT2D eigenvalue weighted by Crippen LogP contribution is -2.08. The number of hydrogen-bond acceptors (Lipinski definition) is 3. The molecule has 0 aliphatic carbocycles. The fraction of sp³-hybridized carbons (Fsp3) is 0.667. The number of ether oxygens (including phenoxy) is 2. The monoisotopic (exact) mass is 268 g/mol. The van der Waals surface area contributed by atoms with Crippen LogP contribution in [0.3, 0.4) is 0 Å². The van der Waals surface area contributed by atoms with E-state index in [1.165, 1.54) is 0 Å². The number of unbranched alkanes of at least 4 members (excludes halogenated alkanes) is 5. The molecule has 0 amide bonds. The number of rotatable bonds is 12. The summed E-state index contributed by atoms with van der Waals surface area (Å²) in [5, 5.41) is 8.48. The number of carboxylic acids is 1. The smallest absolute Gasteiger partial charge is 0.303 e. The molecule has 19 heavy (non-hydrogen) atoms. The minimum atomic E-state index is -0.709. The van der Waals surface area contributed by atoms with Gasteiger partial charge in [-0.15, -0.1) is 6.42 Å². The molecule has 0 aliphatic rings. The fourth-order valence-electron chi connectivity index (χ4n) is 1.59. The average Bonchev–Trinajstić information content (AvgIpc) is 2.40. The highest BCUT2D eigenvalue weighted by atomic mass is 16.7. The number of allylic oxidation sites excluding steroid dienone is 1. The summed E-state index contributed by atoms with van der Waals surface area (Å²) in [4.78, 5) is 10.3. The van der Waals surface area contributed by atoms with E-state index in [1.807, 2.05) is 12.2 Å². The van der Waals surface area contributed by atoms with Gasteiger partial charge in [-0.25, -0.2) is 0 Å². The van der Waals surface area contributed by atoms with Crippen molar-refractivity contribution in [3.05, 3.63) is 12.2 Å². The maximum absolute atomic E-state index is 10.3. The van der Waals surface area contributed by atoms with Gasteiger partial charge in [0, 0.05) is 13.5 Å². The van der Waals surface area contributed by atoms with Crippen LogP contribution in [-0.4, -0.2) is 31.1 Å². The van der Waals surface area contributed by atoms with Crippen LogP contribution in [-0.2, 0) is 14.3 Å². The summed E-state index contributed by atoms with van der Waals surface area (Å²) in [5.74, 6) is 1.81. The van der Waals surface area contributed by atoms with Gasteiger partial charge in [0.15, 0.2) is 0 Å². The lowest BCUT2D eigenvalue weighted by atomic mass is 10.1. The first-order chi connectivity index (χ1) is 9.20. The SMILES string of the molecule is C#C[C@H](/C=C\CCCCCCCC(=O)O)OCOC. The van der Waals surface area contributed by atoms with Crippen LogP contribution in [0.2, 0.25) is 0 Å². The molecule has 0 aromatic rings. The molecule has 4 heteroatoms. The van der Waals surface area contributed by atoms with Crippen molar-refractivity contribution in [2.75, 3.05) is 13.9 Å². The highest BCUT2D eigenvalue weighted by molar-refractivity contribution is 5.66. The van der Waals surface area contributed by atoms with Crippen molar-refractivity contribution in [2.45, 2.75) is 51.0 Å². The highest BCUT2D eigenvalue weighted by Gasteiger charge is 1.98. The average molecular weight is 268 g/mol. The van der Waals surface area contributed by atoms with Gasteiger partial charge in [0.05, 0.1) is 0 Å². The zero-order valence-corrected chi connectivity index (χ0v) is 11.6. The van der Waals surface area contributed by atoms with Crippen LogP contribution in [0.1, 0.15) is 44.9 Å². The van der Waals surface area contributed by atoms with Gasteiger partial charge in [-0.05, 0) is 25.3 Å². The molecule has 0 radical (unpaired) electrons. The summed E-state index contributed by atoms with van der Waals surface area (Å²) >= 11 is 0. The zero-order chi connectivity index (χ0) is 14.3. The van der Waals surface area contributed by atoms with Gasteiger partial charge in [0.25, 0.3) is 0 Å². The van der Waals surface area contributed by atoms with Gasteiger partial charge >= 0.3 is 5.97 Å². The van der Waals surface area contributed by atoms with E-state index in [1.54, 1.807) is 7.11 Å². The molecule has 0 unspecified atom stereocenters. The summed E-state index contributed by atoms with van der Waals surface area (Å²) in [5.41, 5.74) is 0. The summed E-state index contributed by atoms with van der Waals surface area (Å²) in [6.45, 7) is 0.197. The Morgan fingerprint density at radius 2 is 2.00 bits per heavy atom. The quantitative estimate of drug-likeness (QED) is 0.256. The van der Waals surface area contributed by atoms with E-state index in [4.69, 9.17) is 21.0 Å². The molecule has 0 spiro atoms. The van der Waals surface area contributed by atoms with Crippen LogP contribution in [0, 0.1) is 12.3 Å². The number of hydrogen-bond donors (Lipinski definition) is 1. The van der Waals surface area contributed by atoms with E-state index in [9.17, 15) is 4.79 Å². The Labute approximate surface area is 115 Å². The highest BCUT2D eigenvalue weighted by Crippen LogP contribution is 2.08. The molecule has 0 fully saturated rings. The maximum atomic E-state index is 10.3. The van der Waals surface area contributed by atoms with E-state index in [0.29, 0.717) is 0 Å². The van der Waals surface area contributed by atoms with Crippen LogP contribution >= 0.6 is 0 Å². The van der Waals surface area contributed by atoms with Crippen LogP contribution in [0.4, 0.5) is 0 Å². The number of carboxylic acid groups (broad SMARTS) is 1. The van der Waals surface area contributed by atoms with Gasteiger partial charge in [0.2, 0.25) is 0 Å². The molecule has 4 nitrogen and oxygen atoms in total. The molecular weight excluding hydrogens is 244 g/mol. The van der Waals surface area contributed by atoms with Crippen LogP contribution in [0.25, 0.3) is 0 Å². The van der Waals surface area contributed by atoms with Crippen molar-refractivity contribution in [1.29, 1.82) is 0 Å². The van der Waals surface area contributed by atoms with Crippen molar-refractivity contribution >= 4 is 5.97 Å². The first kappa shape index (κ1) is 17.7. The minimum Gasteiger partial charge on any atom is -0.481 e. The number of aliphatic carboxylic acids is 1. The fourth-order valence-corrected chi connectivity index (χ4v) is 1.59. The predicted octanol–water partition coefficient (Wildman–Crippen LogP) is 2.98. The second kappa shape index (κ2) is 13.1. The standard InChI is InChI=1S/C15H24O4/c1-3-14(19-13-18-2)11-9-7-5-4-6-8-10-12-15(16)17/h1,9,11,14H,4-8,10,12-13H2,2H3,(H,16,17)/b11-9-/t14-/m1/s1. The molecule has 0 saturated heterocycles. The summed E-state index contributed by atoms with van der Waals surface area (Å²) in [6, 6.07) is 0. The minimum absolute atomic E-state index is 0.197. The molecule has 0 aromatic heterocycles. The van der Waals surface area contributed by atoms with Crippen molar-refractivity contribution < 1.29 is 19.4 Å². The van der Waals surface area contributed by atoms with Crippen LogP contribution < -0.4 is 0 Å². The molecule has 108 valence electrons. The number of carbonyl (C=O) groups is 1. The predicted molar refractivity (Wildman–Crippen MR) is 74.7 cm³/mol. The molecule has 1 atom stereocenters. The zero-order valence-electron chi connectivity index (χ0n) is 11.6. The molecular formula is C15H24O4. The Morgan fingerprint density at radius 1 is 1.32 bits per heavy atom. The molecule has 0 heterocycles. The van der Waals surface area contributed by atoms with Gasteiger partial charge in [-0.3, -0.25) is 4.79 Å². The summed E-state index contributed by atoms with van der Waals surface area (Å²) in [7, 11) is 1.56. The second-order valence-corrected chi connectivity index (χ2v) is 4.29. The van der Waals surface area contributed by atoms with Crippen molar-refractivity contribution in [1.82, 2.24) is 0 Å². The van der Waals surface area contributed by atoms with Crippen molar-refractivity contribution in [3.8, 4) is 12.3 Å². The third-order valence-corrected chi connectivity index (χ3v) is 2.60. The third kappa shape index (κ3) is 12.9. The van der Waals surface area contributed by atoms with Gasteiger partial charge < -0.3 is 14.6 Å². The van der Waals surface area contributed by atoms with Gasteiger partial charge in [0.1, 0.15) is 12.9 Å². The third-order valence-electron chi connectivity index (χ3n) is 2.60. The maximum Gasteiger partial charge on any atom is 0.303 e. The van der Waals surface area contributed by atoms with E-state index in [2.05, 4.69) is 5.92 Å². The number of methoxy groups -OCH3 is 1. The first-order valence-corrected chi connectivity index (χ1v) is 6.65. The largest absolute Gasteiger partial charge is 0.481 e. The lowest BCUT2D eigenvalue weighted by Gasteiger charge is -2.06. The van der Waals surface area contributed by atoms with E-state index in [0.717, 1.165) is 38.5 Å². The molecule has 0 saturated carbocycles.